The van der Waals surface area contributed by atoms with E-state index in [1.54, 1.807) is 0 Å². The van der Waals surface area contributed by atoms with Gasteiger partial charge in [0.05, 0.1) is 6.10 Å². The Kier molecular flexibility index (Phi) is 2.45. The number of likely N-dealkylation sites (N-methyl/N-ethyl adjacent to an activating group) is 1. The van der Waals surface area contributed by atoms with Gasteiger partial charge in [0, 0.05) is 6.54 Å². The van der Waals surface area contributed by atoms with E-state index in [1.165, 1.54) is 13.0 Å². The van der Waals surface area contributed by atoms with E-state index in [0.717, 1.165) is 13.0 Å². The summed E-state index contributed by atoms with van der Waals surface area (Å²) in [5.74, 6) is 5.04. The van der Waals surface area contributed by atoms with Crippen molar-refractivity contribution in [2.75, 3.05) is 20.1 Å². The first kappa shape index (κ1) is 6.99. The fraction of sp³-hybridized carbons (Fsp3) is 1.00. The molecule has 1 aliphatic rings. The highest BCUT2D eigenvalue weighted by Crippen LogP contribution is 2.08. The first-order chi connectivity index (χ1) is 4.33. The van der Waals surface area contributed by atoms with Crippen molar-refractivity contribution in [3.63, 3.8) is 0 Å². The average molecular weight is 130 g/mol. The Morgan fingerprint density at radius 2 is 2.44 bits per heavy atom. The van der Waals surface area contributed by atoms with Crippen molar-refractivity contribution >= 4 is 0 Å². The van der Waals surface area contributed by atoms with Crippen LogP contribution in [0.15, 0.2) is 0 Å². The molecule has 0 aromatic rings. The second-order valence-electron chi connectivity index (χ2n) is 2.66. The molecule has 1 atom stereocenters. The molecule has 3 heteroatoms. The van der Waals surface area contributed by atoms with Crippen molar-refractivity contribution in [2.45, 2.75) is 18.9 Å². The smallest absolute Gasteiger partial charge is 0.0914 e. The van der Waals surface area contributed by atoms with Crippen LogP contribution in [-0.2, 0) is 4.84 Å². The Morgan fingerprint density at radius 1 is 1.67 bits per heavy atom. The van der Waals surface area contributed by atoms with E-state index in [-0.39, 0.29) is 6.10 Å². The molecule has 0 aliphatic carbocycles. The van der Waals surface area contributed by atoms with Crippen LogP contribution in [0.1, 0.15) is 12.8 Å². The van der Waals surface area contributed by atoms with Crippen LogP contribution in [0.4, 0.5) is 0 Å². The summed E-state index contributed by atoms with van der Waals surface area (Å²) in [6.07, 6.45) is 2.59. The number of hydrogen-bond acceptors (Lipinski definition) is 3. The zero-order chi connectivity index (χ0) is 6.69. The number of hydrogen-bond donors (Lipinski definition) is 1. The third-order valence-electron chi connectivity index (χ3n) is 1.77. The monoisotopic (exact) mass is 130 g/mol. The Morgan fingerprint density at radius 3 is 2.89 bits per heavy atom. The highest BCUT2D eigenvalue weighted by atomic mass is 16.6. The minimum atomic E-state index is 0.267. The lowest BCUT2D eigenvalue weighted by molar-refractivity contribution is 0.00555. The molecule has 1 rings (SSSR count). The van der Waals surface area contributed by atoms with Crippen molar-refractivity contribution < 1.29 is 4.84 Å². The number of likely N-dealkylation sites (tertiary alicyclic amines) is 1. The van der Waals surface area contributed by atoms with Crippen LogP contribution in [0.2, 0.25) is 0 Å². The average Bonchev–Trinajstić information content (AvgIpc) is 1.88. The number of piperidine rings is 1. The maximum Gasteiger partial charge on any atom is 0.0914 e. The van der Waals surface area contributed by atoms with Crippen LogP contribution in [0, 0.1) is 0 Å². The van der Waals surface area contributed by atoms with E-state index >= 15 is 0 Å². The van der Waals surface area contributed by atoms with Crippen molar-refractivity contribution in [2.24, 2.45) is 5.90 Å². The Hall–Kier alpha value is -0.120. The maximum absolute atomic E-state index is 5.04. The molecule has 0 bridgehead atoms. The Bertz CT molecular complexity index is 87.1. The van der Waals surface area contributed by atoms with Gasteiger partial charge in [-0.15, -0.1) is 0 Å². The quantitative estimate of drug-likeness (QED) is 0.507. The van der Waals surface area contributed by atoms with E-state index in [2.05, 4.69) is 11.9 Å². The minimum absolute atomic E-state index is 0.267. The number of rotatable bonds is 1. The molecule has 54 valence electrons. The molecule has 0 aromatic heterocycles. The van der Waals surface area contributed by atoms with Gasteiger partial charge in [-0.3, -0.25) is 4.84 Å². The minimum Gasteiger partial charge on any atom is -0.304 e. The molecule has 0 aromatic carbocycles. The van der Waals surface area contributed by atoms with Gasteiger partial charge < -0.3 is 4.90 Å². The van der Waals surface area contributed by atoms with Gasteiger partial charge in [-0.25, -0.2) is 5.90 Å². The van der Waals surface area contributed by atoms with Gasteiger partial charge in [-0.1, -0.05) is 0 Å². The van der Waals surface area contributed by atoms with Crippen LogP contribution < -0.4 is 5.90 Å². The van der Waals surface area contributed by atoms with Crippen molar-refractivity contribution in [1.82, 2.24) is 4.90 Å². The van der Waals surface area contributed by atoms with Crippen LogP contribution in [-0.4, -0.2) is 31.1 Å². The van der Waals surface area contributed by atoms with Gasteiger partial charge in [0.15, 0.2) is 0 Å². The van der Waals surface area contributed by atoms with Crippen molar-refractivity contribution in [3.05, 3.63) is 0 Å². The van der Waals surface area contributed by atoms with E-state index in [0.29, 0.717) is 0 Å². The van der Waals surface area contributed by atoms with Gasteiger partial charge in [-0.2, -0.15) is 0 Å². The standard InChI is InChI=1S/C6H14N2O/c1-8-4-2-3-6(5-8)9-7/h6H,2-5,7H2,1H3/t6-/m1/s1. The van der Waals surface area contributed by atoms with Gasteiger partial charge in [0.25, 0.3) is 0 Å². The van der Waals surface area contributed by atoms with Crippen LogP contribution in [0.25, 0.3) is 0 Å². The van der Waals surface area contributed by atoms with Crippen molar-refractivity contribution in [1.29, 1.82) is 0 Å². The van der Waals surface area contributed by atoms with Gasteiger partial charge in [0.1, 0.15) is 0 Å². The van der Waals surface area contributed by atoms with E-state index in [9.17, 15) is 0 Å². The molecule has 1 aliphatic heterocycles. The zero-order valence-corrected chi connectivity index (χ0v) is 5.84. The second kappa shape index (κ2) is 3.15. The van der Waals surface area contributed by atoms with E-state index < -0.39 is 0 Å². The third kappa shape index (κ3) is 1.93. The number of nitrogens with two attached hydrogens (primary N) is 1. The first-order valence-electron chi connectivity index (χ1n) is 3.37. The largest absolute Gasteiger partial charge is 0.304 e. The molecule has 9 heavy (non-hydrogen) atoms. The summed E-state index contributed by atoms with van der Waals surface area (Å²) < 4.78 is 0. The topological polar surface area (TPSA) is 38.5 Å². The zero-order valence-electron chi connectivity index (χ0n) is 5.84. The molecule has 3 nitrogen and oxygen atoms in total. The lowest BCUT2D eigenvalue weighted by Gasteiger charge is -2.27. The van der Waals surface area contributed by atoms with Crippen LogP contribution >= 0.6 is 0 Å². The summed E-state index contributed by atoms with van der Waals surface area (Å²) in [6, 6.07) is 0. The van der Waals surface area contributed by atoms with Gasteiger partial charge >= 0.3 is 0 Å². The van der Waals surface area contributed by atoms with Crippen LogP contribution in [0.3, 0.4) is 0 Å². The van der Waals surface area contributed by atoms with Gasteiger partial charge in [0.2, 0.25) is 0 Å². The predicted octanol–water partition coefficient (Wildman–Crippen LogP) is -0.0291. The summed E-state index contributed by atoms with van der Waals surface area (Å²) in [4.78, 5) is 6.96. The molecule has 1 saturated heterocycles. The summed E-state index contributed by atoms with van der Waals surface area (Å²) >= 11 is 0. The van der Waals surface area contributed by atoms with E-state index in [4.69, 9.17) is 10.7 Å². The molecular formula is C6H14N2O. The molecule has 0 unspecified atom stereocenters. The predicted molar refractivity (Wildman–Crippen MR) is 35.8 cm³/mol. The molecular weight excluding hydrogens is 116 g/mol. The molecule has 0 saturated carbocycles. The number of nitrogens with zero attached hydrogens (tertiary/aromatic N) is 1. The maximum atomic E-state index is 5.04. The Labute approximate surface area is 55.7 Å². The summed E-state index contributed by atoms with van der Waals surface area (Å²) in [5, 5.41) is 0. The third-order valence-corrected chi connectivity index (χ3v) is 1.77. The van der Waals surface area contributed by atoms with Crippen LogP contribution in [0.5, 0.6) is 0 Å². The molecule has 0 spiro atoms. The molecule has 0 amide bonds. The molecule has 0 radical (unpaired) electrons. The van der Waals surface area contributed by atoms with Gasteiger partial charge in [-0.05, 0) is 26.4 Å². The second-order valence-corrected chi connectivity index (χ2v) is 2.66. The molecule has 1 heterocycles. The summed E-state index contributed by atoms with van der Waals surface area (Å²) in [6.45, 7) is 2.16. The summed E-state index contributed by atoms with van der Waals surface area (Å²) in [5.41, 5.74) is 0. The fourth-order valence-corrected chi connectivity index (χ4v) is 1.23. The Balaban J connectivity index is 2.23. The first-order valence-corrected chi connectivity index (χ1v) is 3.37. The highest BCUT2D eigenvalue weighted by molar-refractivity contribution is 4.69. The summed E-state index contributed by atoms with van der Waals surface area (Å²) in [7, 11) is 2.09. The lowest BCUT2D eigenvalue weighted by atomic mass is 10.1. The SMILES string of the molecule is CN1CCC[C@@H](ON)C1. The normalized spacial score (nSPS) is 30.7. The van der Waals surface area contributed by atoms with Crippen molar-refractivity contribution in [3.8, 4) is 0 Å². The fourth-order valence-electron chi connectivity index (χ4n) is 1.23. The molecule has 1 fully saturated rings. The lowest BCUT2D eigenvalue weighted by Crippen LogP contribution is -2.38. The molecule has 2 N–H and O–H groups in total. The highest BCUT2D eigenvalue weighted by Gasteiger charge is 2.15. The van der Waals surface area contributed by atoms with E-state index in [1.807, 2.05) is 0 Å².